The summed E-state index contributed by atoms with van der Waals surface area (Å²) in [7, 11) is 0. The fourth-order valence-corrected chi connectivity index (χ4v) is 6.75. The molecule has 2 N–H and O–H groups in total. The molecule has 0 aromatic heterocycles. The van der Waals surface area contributed by atoms with Crippen LogP contribution in [0.25, 0.3) is 0 Å². The highest BCUT2D eigenvalue weighted by Crippen LogP contribution is 2.65. The van der Waals surface area contributed by atoms with E-state index < -0.39 is 6.10 Å². The summed E-state index contributed by atoms with van der Waals surface area (Å²) in [5.41, 5.74) is 0.965. The van der Waals surface area contributed by atoms with E-state index in [2.05, 4.69) is 13.8 Å². The Morgan fingerprint density at radius 1 is 1.23 bits per heavy atom. The van der Waals surface area contributed by atoms with E-state index in [4.69, 9.17) is 0 Å². The van der Waals surface area contributed by atoms with Crippen LogP contribution in [0.4, 0.5) is 0 Å². The van der Waals surface area contributed by atoms with Gasteiger partial charge in [-0.3, -0.25) is 4.79 Å². The van der Waals surface area contributed by atoms with E-state index in [1.54, 1.807) is 6.08 Å². The number of carbonyl (C=O) groups excluding carboxylic acids is 1. The first-order valence-corrected chi connectivity index (χ1v) is 8.96. The Bertz CT molecular complexity index is 539. The van der Waals surface area contributed by atoms with Crippen LogP contribution >= 0.6 is 0 Å². The fraction of sp³-hybridized carbons (Fsp3) is 0.842. The highest BCUT2D eigenvalue weighted by atomic mass is 16.3. The minimum Gasteiger partial charge on any atom is -0.393 e. The Hall–Kier alpha value is -0.670. The number of hydrogen-bond donors (Lipinski definition) is 2. The molecular weight excluding hydrogens is 276 g/mol. The molecule has 4 rings (SSSR count). The van der Waals surface area contributed by atoms with Crippen molar-refractivity contribution in [2.24, 2.45) is 28.6 Å². The predicted molar refractivity (Wildman–Crippen MR) is 84.1 cm³/mol. The fourth-order valence-electron chi connectivity index (χ4n) is 6.75. The van der Waals surface area contributed by atoms with Crippen LogP contribution in [0.15, 0.2) is 11.6 Å². The molecule has 0 unspecified atom stereocenters. The van der Waals surface area contributed by atoms with Crippen LogP contribution in [0.5, 0.6) is 0 Å². The number of ketones is 1. The average molecular weight is 304 g/mol. The van der Waals surface area contributed by atoms with Crippen LogP contribution in [0, 0.1) is 28.6 Å². The predicted octanol–water partition coefficient (Wildman–Crippen LogP) is 2.85. The lowest BCUT2D eigenvalue weighted by Crippen LogP contribution is -2.58. The molecule has 4 aliphatic carbocycles. The largest absolute Gasteiger partial charge is 0.393 e. The molecule has 3 nitrogen and oxygen atoms in total. The quantitative estimate of drug-likeness (QED) is 0.723. The molecule has 7 atom stereocenters. The van der Waals surface area contributed by atoms with Crippen LogP contribution in [-0.2, 0) is 4.79 Å². The number of rotatable bonds is 0. The summed E-state index contributed by atoms with van der Waals surface area (Å²) in [5, 5.41) is 21.7. The van der Waals surface area contributed by atoms with Crippen LogP contribution in [0.1, 0.15) is 58.8 Å². The Kier molecular flexibility index (Phi) is 3.16. The second-order valence-corrected chi connectivity index (χ2v) is 8.85. The van der Waals surface area contributed by atoms with Gasteiger partial charge in [0.05, 0.1) is 12.2 Å². The highest BCUT2D eigenvalue weighted by Gasteiger charge is 2.61. The zero-order valence-corrected chi connectivity index (χ0v) is 13.7. The second kappa shape index (κ2) is 4.67. The summed E-state index contributed by atoms with van der Waals surface area (Å²) in [4.78, 5) is 11.8. The molecule has 0 amide bonds. The van der Waals surface area contributed by atoms with E-state index in [-0.39, 0.29) is 28.6 Å². The van der Waals surface area contributed by atoms with Gasteiger partial charge < -0.3 is 10.2 Å². The molecule has 0 heterocycles. The Balaban J connectivity index is 1.78. The average Bonchev–Trinajstić information content (AvgIpc) is 2.82. The molecule has 3 saturated carbocycles. The van der Waals surface area contributed by atoms with Gasteiger partial charge in [-0.25, -0.2) is 0 Å². The molecule has 0 radical (unpaired) electrons. The number of carbonyl (C=O) groups is 1. The molecule has 4 aliphatic rings. The molecular formula is C19H28O3. The van der Waals surface area contributed by atoms with E-state index >= 15 is 0 Å². The lowest BCUT2D eigenvalue weighted by Gasteiger charge is -2.60. The molecule has 0 aliphatic heterocycles. The zero-order chi connectivity index (χ0) is 15.7. The Morgan fingerprint density at radius 2 is 2.00 bits per heavy atom. The van der Waals surface area contributed by atoms with E-state index in [1.165, 1.54) is 19.3 Å². The first-order chi connectivity index (χ1) is 10.3. The van der Waals surface area contributed by atoms with Gasteiger partial charge in [0.25, 0.3) is 0 Å². The molecule has 22 heavy (non-hydrogen) atoms. The SMILES string of the molecule is C[C@@]12CCC[C@H]1[C@@H]1C[C@@H](O)C3=CC(=O)CC[C@]3(C)[C@H]1[C@H](O)C2. The van der Waals surface area contributed by atoms with Crippen molar-refractivity contribution < 1.29 is 15.0 Å². The summed E-state index contributed by atoms with van der Waals surface area (Å²) >= 11 is 0. The number of hydrogen-bond acceptors (Lipinski definition) is 3. The number of aliphatic hydroxyl groups is 2. The van der Waals surface area contributed by atoms with E-state index in [9.17, 15) is 15.0 Å². The minimum absolute atomic E-state index is 0.140. The molecule has 0 spiro atoms. The molecule has 3 fully saturated rings. The van der Waals surface area contributed by atoms with Gasteiger partial charge in [-0.15, -0.1) is 0 Å². The maximum atomic E-state index is 11.8. The van der Waals surface area contributed by atoms with E-state index in [0.717, 1.165) is 24.8 Å². The summed E-state index contributed by atoms with van der Waals surface area (Å²) in [6.07, 6.45) is 7.59. The maximum Gasteiger partial charge on any atom is 0.155 e. The van der Waals surface area contributed by atoms with Crippen molar-refractivity contribution in [3.05, 3.63) is 11.6 Å². The minimum atomic E-state index is -0.495. The summed E-state index contributed by atoms with van der Waals surface area (Å²) in [6.45, 7) is 4.53. The summed E-state index contributed by atoms with van der Waals surface area (Å²) < 4.78 is 0. The van der Waals surface area contributed by atoms with Crippen molar-refractivity contribution in [1.82, 2.24) is 0 Å². The third kappa shape index (κ3) is 1.85. The normalized spacial score (nSPS) is 54.3. The van der Waals surface area contributed by atoms with Gasteiger partial charge >= 0.3 is 0 Å². The zero-order valence-electron chi connectivity index (χ0n) is 13.7. The Labute approximate surface area is 132 Å². The van der Waals surface area contributed by atoms with Crippen molar-refractivity contribution >= 4 is 5.78 Å². The van der Waals surface area contributed by atoms with Crippen LogP contribution in [-0.4, -0.2) is 28.2 Å². The summed E-state index contributed by atoms with van der Waals surface area (Å²) in [5.74, 6) is 1.39. The monoisotopic (exact) mass is 304 g/mol. The second-order valence-electron chi connectivity index (χ2n) is 8.85. The molecule has 3 heteroatoms. The first kappa shape index (κ1) is 14.9. The number of fused-ring (bicyclic) bond motifs is 5. The third-order valence-electron chi connectivity index (χ3n) is 7.68. The van der Waals surface area contributed by atoms with E-state index in [1.807, 2.05) is 0 Å². The molecule has 0 aromatic carbocycles. The molecule has 0 aromatic rings. The molecule has 0 bridgehead atoms. The maximum absolute atomic E-state index is 11.8. The van der Waals surface area contributed by atoms with Gasteiger partial charge in [0.15, 0.2) is 5.78 Å². The van der Waals surface area contributed by atoms with Gasteiger partial charge in [0, 0.05) is 6.42 Å². The van der Waals surface area contributed by atoms with Gasteiger partial charge in [0.2, 0.25) is 0 Å². The van der Waals surface area contributed by atoms with Crippen LogP contribution in [0.3, 0.4) is 0 Å². The van der Waals surface area contributed by atoms with Crippen molar-refractivity contribution in [1.29, 1.82) is 0 Å². The van der Waals surface area contributed by atoms with Crippen molar-refractivity contribution in [2.45, 2.75) is 71.0 Å². The van der Waals surface area contributed by atoms with Gasteiger partial charge in [-0.05, 0) is 72.3 Å². The molecule has 122 valence electrons. The van der Waals surface area contributed by atoms with Crippen molar-refractivity contribution in [3.8, 4) is 0 Å². The summed E-state index contributed by atoms with van der Waals surface area (Å²) in [6, 6.07) is 0. The lowest BCUT2D eigenvalue weighted by atomic mass is 9.46. The van der Waals surface area contributed by atoms with Gasteiger partial charge in [0.1, 0.15) is 0 Å². The van der Waals surface area contributed by atoms with Crippen molar-refractivity contribution in [3.63, 3.8) is 0 Å². The standard InChI is InChI=1S/C19H28O3/c1-18-6-3-4-13(18)12-9-15(21)14-8-11(20)5-7-19(14,2)17(12)16(22)10-18/h8,12-13,15-17,21-22H,3-7,9-10H2,1-2H3/t12-,13-,15+,16+,17+,18-,19-/m0/s1. The Morgan fingerprint density at radius 3 is 2.77 bits per heavy atom. The number of aliphatic hydroxyl groups excluding tert-OH is 2. The van der Waals surface area contributed by atoms with Crippen molar-refractivity contribution in [2.75, 3.05) is 0 Å². The van der Waals surface area contributed by atoms with Crippen LogP contribution in [0.2, 0.25) is 0 Å². The van der Waals surface area contributed by atoms with Gasteiger partial charge in [-0.1, -0.05) is 20.3 Å². The van der Waals surface area contributed by atoms with Crippen LogP contribution < -0.4 is 0 Å². The van der Waals surface area contributed by atoms with Gasteiger partial charge in [-0.2, -0.15) is 0 Å². The smallest absolute Gasteiger partial charge is 0.155 e. The lowest BCUT2D eigenvalue weighted by molar-refractivity contribution is -0.139. The van der Waals surface area contributed by atoms with E-state index in [0.29, 0.717) is 18.3 Å². The first-order valence-electron chi connectivity index (χ1n) is 8.96. The topological polar surface area (TPSA) is 57.5 Å². The molecule has 0 saturated heterocycles. The third-order valence-corrected chi connectivity index (χ3v) is 7.68. The highest BCUT2D eigenvalue weighted by molar-refractivity contribution is 5.91.